The van der Waals surface area contributed by atoms with Gasteiger partial charge in [-0.2, -0.15) is 0 Å². The van der Waals surface area contributed by atoms with Crippen LogP contribution in [0.15, 0.2) is 23.0 Å². The largest absolute Gasteiger partial charge is 0.481 e. The highest BCUT2D eigenvalue weighted by Gasteiger charge is 2.15. The molecule has 1 amide bonds. The predicted octanol–water partition coefficient (Wildman–Crippen LogP) is 0.541. The van der Waals surface area contributed by atoms with Crippen LogP contribution in [0.1, 0.15) is 18.0 Å². The fraction of sp³-hybridized carbons (Fsp3) is 0.250. The standard InChI is InChI=1S/C8H9NO4/c10-5-9-7(3-8(11)12)6-1-2-13-4-6/h1-2,4-5,7H,3H2,(H,9,10)(H,11,12)/t7-/m0/s1. The predicted molar refractivity (Wildman–Crippen MR) is 42.9 cm³/mol. The number of aliphatic carboxylic acids is 1. The van der Waals surface area contributed by atoms with Crippen LogP contribution in [0.5, 0.6) is 0 Å². The van der Waals surface area contributed by atoms with Crippen LogP contribution >= 0.6 is 0 Å². The first kappa shape index (κ1) is 9.31. The fourth-order valence-electron chi connectivity index (χ4n) is 1.00. The summed E-state index contributed by atoms with van der Waals surface area (Å²) in [7, 11) is 0. The van der Waals surface area contributed by atoms with Gasteiger partial charge in [-0.15, -0.1) is 0 Å². The Morgan fingerprint density at radius 3 is 3.00 bits per heavy atom. The van der Waals surface area contributed by atoms with E-state index in [1.54, 1.807) is 6.07 Å². The summed E-state index contributed by atoms with van der Waals surface area (Å²) in [6.07, 6.45) is 3.15. The number of amides is 1. The quantitative estimate of drug-likeness (QED) is 0.653. The van der Waals surface area contributed by atoms with Crippen LogP contribution in [0.25, 0.3) is 0 Å². The van der Waals surface area contributed by atoms with E-state index in [1.807, 2.05) is 0 Å². The van der Waals surface area contributed by atoms with Crippen LogP contribution in [-0.4, -0.2) is 17.5 Å². The van der Waals surface area contributed by atoms with Crippen LogP contribution < -0.4 is 5.32 Å². The van der Waals surface area contributed by atoms with E-state index in [4.69, 9.17) is 9.52 Å². The number of carbonyl (C=O) groups excluding carboxylic acids is 1. The first-order chi connectivity index (χ1) is 6.24. The molecule has 1 heterocycles. The summed E-state index contributed by atoms with van der Waals surface area (Å²) in [4.78, 5) is 20.6. The molecular formula is C8H9NO4. The number of rotatable bonds is 5. The lowest BCUT2D eigenvalue weighted by atomic mass is 10.1. The summed E-state index contributed by atoms with van der Waals surface area (Å²) in [5, 5.41) is 10.9. The molecule has 0 aliphatic rings. The topological polar surface area (TPSA) is 79.5 Å². The number of nitrogens with one attached hydrogen (secondary N) is 1. The van der Waals surface area contributed by atoms with E-state index in [-0.39, 0.29) is 6.42 Å². The van der Waals surface area contributed by atoms with E-state index < -0.39 is 12.0 Å². The summed E-state index contributed by atoms with van der Waals surface area (Å²) in [5.74, 6) is -0.972. The van der Waals surface area contributed by atoms with Crippen molar-refractivity contribution in [2.75, 3.05) is 0 Å². The van der Waals surface area contributed by atoms with Crippen molar-refractivity contribution >= 4 is 12.4 Å². The third kappa shape index (κ3) is 2.62. The number of carbonyl (C=O) groups is 2. The van der Waals surface area contributed by atoms with Gasteiger partial charge in [0.05, 0.1) is 25.0 Å². The molecule has 5 nitrogen and oxygen atoms in total. The van der Waals surface area contributed by atoms with Gasteiger partial charge in [0.1, 0.15) is 0 Å². The lowest BCUT2D eigenvalue weighted by molar-refractivity contribution is -0.137. The van der Waals surface area contributed by atoms with Gasteiger partial charge >= 0.3 is 5.97 Å². The van der Waals surface area contributed by atoms with Gasteiger partial charge in [-0.3, -0.25) is 9.59 Å². The minimum atomic E-state index is -0.972. The van der Waals surface area contributed by atoms with Gasteiger partial charge in [0.2, 0.25) is 6.41 Å². The van der Waals surface area contributed by atoms with Crippen LogP contribution in [0.4, 0.5) is 0 Å². The first-order valence-electron chi connectivity index (χ1n) is 3.67. The van der Waals surface area contributed by atoms with E-state index in [2.05, 4.69) is 5.32 Å². The average Bonchev–Trinajstić information content (AvgIpc) is 2.54. The molecule has 1 atom stereocenters. The molecule has 70 valence electrons. The van der Waals surface area contributed by atoms with Crippen molar-refractivity contribution in [2.45, 2.75) is 12.5 Å². The molecule has 13 heavy (non-hydrogen) atoms. The highest BCUT2D eigenvalue weighted by atomic mass is 16.4. The Labute approximate surface area is 74.4 Å². The molecule has 0 unspecified atom stereocenters. The average molecular weight is 183 g/mol. The maximum absolute atomic E-state index is 10.4. The Kier molecular flexibility index (Phi) is 3.08. The van der Waals surface area contributed by atoms with Crippen molar-refractivity contribution in [3.05, 3.63) is 24.2 Å². The first-order valence-corrected chi connectivity index (χ1v) is 3.67. The Morgan fingerprint density at radius 1 is 1.77 bits per heavy atom. The molecule has 0 bridgehead atoms. The minimum Gasteiger partial charge on any atom is -0.481 e. The number of hydrogen-bond donors (Lipinski definition) is 2. The molecule has 0 aromatic carbocycles. The molecule has 1 aromatic heterocycles. The van der Waals surface area contributed by atoms with Gasteiger partial charge in [-0.25, -0.2) is 0 Å². The van der Waals surface area contributed by atoms with Crippen molar-refractivity contribution in [3.63, 3.8) is 0 Å². The maximum atomic E-state index is 10.4. The smallest absolute Gasteiger partial charge is 0.305 e. The summed E-state index contributed by atoms with van der Waals surface area (Å²) in [6.45, 7) is 0. The second kappa shape index (κ2) is 4.30. The van der Waals surface area contributed by atoms with E-state index in [0.29, 0.717) is 12.0 Å². The molecule has 0 saturated heterocycles. The summed E-state index contributed by atoms with van der Waals surface area (Å²) in [6, 6.07) is 1.10. The monoisotopic (exact) mass is 183 g/mol. The molecule has 0 spiro atoms. The Morgan fingerprint density at radius 2 is 2.54 bits per heavy atom. The zero-order valence-electron chi connectivity index (χ0n) is 6.77. The molecule has 0 saturated carbocycles. The molecule has 0 radical (unpaired) electrons. The lowest BCUT2D eigenvalue weighted by Gasteiger charge is -2.10. The van der Waals surface area contributed by atoms with Gasteiger partial charge in [0, 0.05) is 5.56 Å². The minimum absolute atomic E-state index is 0.154. The Hall–Kier alpha value is -1.78. The molecular weight excluding hydrogens is 174 g/mol. The van der Waals surface area contributed by atoms with Gasteiger partial charge in [0.25, 0.3) is 0 Å². The van der Waals surface area contributed by atoms with Crippen molar-refractivity contribution in [2.24, 2.45) is 0 Å². The van der Waals surface area contributed by atoms with Crippen LogP contribution in [0.3, 0.4) is 0 Å². The summed E-state index contributed by atoms with van der Waals surface area (Å²) < 4.78 is 4.77. The number of furan rings is 1. The van der Waals surface area contributed by atoms with Gasteiger partial charge in [-0.05, 0) is 6.07 Å². The molecule has 1 rings (SSSR count). The molecule has 5 heteroatoms. The zero-order chi connectivity index (χ0) is 9.68. The zero-order valence-corrected chi connectivity index (χ0v) is 6.77. The third-order valence-corrected chi connectivity index (χ3v) is 1.59. The normalized spacial score (nSPS) is 12.0. The fourth-order valence-corrected chi connectivity index (χ4v) is 1.00. The number of carboxylic acid groups (broad SMARTS) is 1. The van der Waals surface area contributed by atoms with Crippen molar-refractivity contribution < 1.29 is 19.1 Å². The van der Waals surface area contributed by atoms with E-state index in [0.717, 1.165) is 0 Å². The highest BCUT2D eigenvalue weighted by molar-refractivity contribution is 5.68. The second-order valence-corrected chi connectivity index (χ2v) is 2.49. The molecule has 0 aliphatic carbocycles. The van der Waals surface area contributed by atoms with Crippen LogP contribution in [0, 0.1) is 0 Å². The molecule has 1 aromatic rings. The van der Waals surface area contributed by atoms with Crippen molar-refractivity contribution in [1.82, 2.24) is 5.32 Å². The SMILES string of the molecule is O=CN[C@@H](CC(=O)O)c1ccoc1. The molecule has 2 N–H and O–H groups in total. The van der Waals surface area contributed by atoms with E-state index >= 15 is 0 Å². The molecule has 0 aliphatic heterocycles. The maximum Gasteiger partial charge on any atom is 0.305 e. The summed E-state index contributed by atoms with van der Waals surface area (Å²) >= 11 is 0. The Bertz CT molecular complexity index is 280. The van der Waals surface area contributed by atoms with E-state index in [1.165, 1.54) is 12.5 Å². The van der Waals surface area contributed by atoms with Gasteiger partial charge < -0.3 is 14.8 Å². The lowest BCUT2D eigenvalue weighted by Crippen LogP contribution is -2.21. The number of hydrogen-bond acceptors (Lipinski definition) is 3. The Balaban J connectivity index is 2.67. The van der Waals surface area contributed by atoms with Crippen molar-refractivity contribution in [3.8, 4) is 0 Å². The second-order valence-electron chi connectivity index (χ2n) is 2.49. The van der Waals surface area contributed by atoms with Crippen LogP contribution in [0.2, 0.25) is 0 Å². The molecule has 0 fully saturated rings. The van der Waals surface area contributed by atoms with Gasteiger partial charge in [0.15, 0.2) is 0 Å². The third-order valence-electron chi connectivity index (χ3n) is 1.59. The van der Waals surface area contributed by atoms with Crippen molar-refractivity contribution in [1.29, 1.82) is 0 Å². The van der Waals surface area contributed by atoms with E-state index in [9.17, 15) is 9.59 Å². The van der Waals surface area contributed by atoms with Gasteiger partial charge in [-0.1, -0.05) is 0 Å². The summed E-state index contributed by atoms with van der Waals surface area (Å²) in [5.41, 5.74) is 0.648. The van der Waals surface area contributed by atoms with Crippen LogP contribution in [-0.2, 0) is 9.59 Å². The highest BCUT2D eigenvalue weighted by Crippen LogP contribution is 2.16. The number of carboxylic acids is 1.